The van der Waals surface area contributed by atoms with E-state index in [4.69, 9.17) is 10.5 Å². The van der Waals surface area contributed by atoms with Crippen LogP contribution in [0.2, 0.25) is 0 Å². The molecule has 1 unspecified atom stereocenters. The van der Waals surface area contributed by atoms with Crippen molar-refractivity contribution in [3.8, 4) is 0 Å². The molecule has 3 heterocycles. The van der Waals surface area contributed by atoms with Crippen molar-refractivity contribution in [2.75, 3.05) is 6.61 Å². The minimum Gasteiger partial charge on any atom is -0.378 e. The smallest absolute Gasteiger partial charge is 0.250 e. The fourth-order valence-corrected chi connectivity index (χ4v) is 2.18. The minimum atomic E-state index is -0.457. The van der Waals surface area contributed by atoms with Gasteiger partial charge in [0.15, 0.2) is 5.82 Å². The van der Waals surface area contributed by atoms with Gasteiger partial charge < -0.3 is 10.5 Å². The molecule has 2 N–H and O–H groups in total. The van der Waals surface area contributed by atoms with Crippen LogP contribution in [0.3, 0.4) is 0 Å². The van der Waals surface area contributed by atoms with E-state index < -0.39 is 5.91 Å². The standard InChI is InChI=1S/C12H14N4O2/c13-12(17)8-4-9-6-14-11(15-16(9)7-8)5-10-2-1-3-18-10/h4,6-7,10H,1-3,5H2,(H2,13,17). The lowest BCUT2D eigenvalue weighted by Crippen LogP contribution is -2.13. The highest BCUT2D eigenvalue weighted by Crippen LogP contribution is 2.15. The van der Waals surface area contributed by atoms with E-state index in [0.29, 0.717) is 12.0 Å². The molecule has 94 valence electrons. The maximum Gasteiger partial charge on any atom is 0.250 e. The Labute approximate surface area is 104 Å². The van der Waals surface area contributed by atoms with Crippen LogP contribution in [0.25, 0.3) is 5.52 Å². The third kappa shape index (κ3) is 2.06. The first-order chi connectivity index (χ1) is 8.72. The van der Waals surface area contributed by atoms with Gasteiger partial charge in [0, 0.05) is 19.2 Å². The molecule has 0 bridgehead atoms. The first-order valence-corrected chi connectivity index (χ1v) is 5.98. The summed E-state index contributed by atoms with van der Waals surface area (Å²) in [6.45, 7) is 0.822. The van der Waals surface area contributed by atoms with Crippen LogP contribution in [0.4, 0.5) is 0 Å². The molecule has 1 atom stereocenters. The van der Waals surface area contributed by atoms with Gasteiger partial charge >= 0.3 is 0 Å². The number of aromatic nitrogens is 3. The fraction of sp³-hybridized carbons (Fsp3) is 0.417. The molecule has 0 aromatic carbocycles. The summed E-state index contributed by atoms with van der Waals surface area (Å²) in [4.78, 5) is 15.4. The molecule has 0 radical (unpaired) electrons. The number of amides is 1. The molecule has 2 aromatic rings. The second-order valence-electron chi connectivity index (χ2n) is 4.48. The van der Waals surface area contributed by atoms with Crippen molar-refractivity contribution in [1.82, 2.24) is 14.6 Å². The van der Waals surface area contributed by atoms with Crippen molar-refractivity contribution in [2.45, 2.75) is 25.4 Å². The Kier molecular flexibility index (Phi) is 2.71. The van der Waals surface area contributed by atoms with Gasteiger partial charge in [0.1, 0.15) is 0 Å². The van der Waals surface area contributed by atoms with Crippen molar-refractivity contribution in [3.05, 3.63) is 29.8 Å². The number of ether oxygens (including phenoxy) is 1. The number of hydrogen-bond acceptors (Lipinski definition) is 4. The molecule has 1 saturated heterocycles. The number of carbonyl (C=O) groups excluding carboxylic acids is 1. The zero-order valence-electron chi connectivity index (χ0n) is 9.87. The van der Waals surface area contributed by atoms with E-state index in [1.807, 2.05) is 0 Å². The Morgan fingerprint density at radius 1 is 1.61 bits per heavy atom. The number of nitrogens with zero attached hydrogens (tertiary/aromatic N) is 3. The Hall–Kier alpha value is -1.95. The predicted molar refractivity (Wildman–Crippen MR) is 64.2 cm³/mol. The predicted octanol–water partition coefficient (Wildman–Crippen LogP) is 0.550. The average molecular weight is 246 g/mol. The topological polar surface area (TPSA) is 82.5 Å². The first kappa shape index (κ1) is 11.2. The van der Waals surface area contributed by atoms with Crippen molar-refractivity contribution >= 4 is 11.4 Å². The Morgan fingerprint density at radius 3 is 3.22 bits per heavy atom. The quantitative estimate of drug-likeness (QED) is 0.857. The summed E-state index contributed by atoms with van der Waals surface area (Å²) in [5, 5.41) is 4.36. The van der Waals surface area contributed by atoms with E-state index in [-0.39, 0.29) is 6.10 Å². The Balaban J connectivity index is 1.87. The number of rotatable bonds is 3. The number of nitrogens with two attached hydrogens (primary N) is 1. The van der Waals surface area contributed by atoms with Crippen molar-refractivity contribution in [3.63, 3.8) is 0 Å². The highest BCUT2D eigenvalue weighted by Gasteiger charge is 2.17. The van der Waals surface area contributed by atoms with E-state index in [1.165, 1.54) is 0 Å². The van der Waals surface area contributed by atoms with E-state index in [9.17, 15) is 4.79 Å². The molecule has 0 spiro atoms. The van der Waals surface area contributed by atoms with Crippen LogP contribution in [0.1, 0.15) is 29.0 Å². The van der Waals surface area contributed by atoms with Gasteiger partial charge in [0.2, 0.25) is 5.91 Å². The van der Waals surface area contributed by atoms with Crippen LogP contribution >= 0.6 is 0 Å². The first-order valence-electron chi connectivity index (χ1n) is 5.98. The summed E-state index contributed by atoms with van der Waals surface area (Å²) in [6.07, 6.45) is 6.40. The van der Waals surface area contributed by atoms with Crippen LogP contribution in [-0.4, -0.2) is 33.2 Å². The van der Waals surface area contributed by atoms with Gasteiger partial charge in [-0.1, -0.05) is 0 Å². The number of hydrogen-bond donors (Lipinski definition) is 1. The summed E-state index contributed by atoms with van der Waals surface area (Å²) >= 11 is 0. The van der Waals surface area contributed by atoms with E-state index >= 15 is 0 Å². The third-order valence-electron chi connectivity index (χ3n) is 3.12. The number of carbonyl (C=O) groups is 1. The highest BCUT2D eigenvalue weighted by molar-refractivity contribution is 5.94. The lowest BCUT2D eigenvalue weighted by Gasteiger charge is -2.07. The molecule has 1 aliphatic heterocycles. The molecule has 3 rings (SSSR count). The second-order valence-corrected chi connectivity index (χ2v) is 4.48. The van der Waals surface area contributed by atoms with E-state index in [1.54, 1.807) is 23.0 Å². The molecular weight excluding hydrogens is 232 g/mol. The molecule has 1 fully saturated rings. The van der Waals surface area contributed by atoms with Crippen LogP contribution in [-0.2, 0) is 11.2 Å². The maximum atomic E-state index is 11.1. The zero-order chi connectivity index (χ0) is 12.5. The summed E-state index contributed by atoms with van der Waals surface area (Å²) in [5.41, 5.74) is 6.43. The maximum absolute atomic E-state index is 11.1. The average Bonchev–Trinajstić information content (AvgIpc) is 2.96. The number of primary amides is 1. The molecule has 2 aromatic heterocycles. The molecule has 18 heavy (non-hydrogen) atoms. The van der Waals surface area contributed by atoms with Crippen molar-refractivity contribution < 1.29 is 9.53 Å². The van der Waals surface area contributed by atoms with Crippen molar-refractivity contribution in [1.29, 1.82) is 0 Å². The molecule has 1 aliphatic rings. The fourth-order valence-electron chi connectivity index (χ4n) is 2.18. The normalized spacial score (nSPS) is 19.4. The molecule has 1 amide bonds. The summed E-state index contributed by atoms with van der Waals surface area (Å²) in [6, 6.07) is 1.68. The SMILES string of the molecule is NC(=O)c1cc2cnc(CC3CCCO3)nn2c1. The second kappa shape index (κ2) is 4.38. The minimum absolute atomic E-state index is 0.216. The van der Waals surface area contributed by atoms with E-state index in [2.05, 4.69) is 10.1 Å². The van der Waals surface area contributed by atoms with E-state index in [0.717, 1.165) is 30.8 Å². The molecule has 6 heteroatoms. The van der Waals surface area contributed by atoms with Crippen molar-refractivity contribution in [2.24, 2.45) is 5.73 Å². The summed E-state index contributed by atoms with van der Waals surface area (Å²) < 4.78 is 7.19. The van der Waals surface area contributed by atoms with Gasteiger partial charge in [0.05, 0.1) is 23.4 Å². The largest absolute Gasteiger partial charge is 0.378 e. The lowest BCUT2D eigenvalue weighted by molar-refractivity contribution is 0.1000. The highest BCUT2D eigenvalue weighted by atomic mass is 16.5. The summed E-state index contributed by atoms with van der Waals surface area (Å²) in [5.74, 6) is 0.266. The van der Waals surface area contributed by atoms with Crippen LogP contribution in [0.15, 0.2) is 18.5 Å². The summed E-state index contributed by atoms with van der Waals surface area (Å²) in [7, 11) is 0. The van der Waals surface area contributed by atoms with Gasteiger partial charge in [-0.25, -0.2) is 9.50 Å². The van der Waals surface area contributed by atoms with Gasteiger partial charge in [0.25, 0.3) is 0 Å². The van der Waals surface area contributed by atoms with Gasteiger partial charge in [-0.05, 0) is 18.9 Å². The van der Waals surface area contributed by atoms with Crippen LogP contribution in [0, 0.1) is 0 Å². The Morgan fingerprint density at radius 2 is 2.50 bits per heavy atom. The molecule has 0 saturated carbocycles. The monoisotopic (exact) mass is 246 g/mol. The zero-order valence-corrected chi connectivity index (χ0v) is 9.87. The van der Waals surface area contributed by atoms with Gasteiger partial charge in [-0.3, -0.25) is 4.79 Å². The number of fused-ring (bicyclic) bond motifs is 1. The van der Waals surface area contributed by atoms with Gasteiger partial charge in [-0.2, -0.15) is 5.10 Å². The van der Waals surface area contributed by atoms with Crippen LogP contribution < -0.4 is 5.73 Å². The molecule has 6 nitrogen and oxygen atoms in total. The van der Waals surface area contributed by atoms with Gasteiger partial charge in [-0.15, -0.1) is 0 Å². The lowest BCUT2D eigenvalue weighted by atomic mass is 10.2. The third-order valence-corrected chi connectivity index (χ3v) is 3.12. The van der Waals surface area contributed by atoms with Crippen LogP contribution in [0.5, 0.6) is 0 Å². The molecule has 0 aliphatic carbocycles. The Bertz CT molecular complexity index is 587. The molecular formula is C12H14N4O2.